The van der Waals surface area contributed by atoms with Crippen LogP contribution in [0.4, 0.5) is 0 Å². The molecule has 1 heterocycles. The summed E-state index contributed by atoms with van der Waals surface area (Å²) in [5, 5.41) is 4.41. The molecule has 0 fully saturated rings. The number of aromatic nitrogens is 2. The fourth-order valence-electron chi connectivity index (χ4n) is 1.99. The minimum absolute atomic E-state index is 0.205. The van der Waals surface area contributed by atoms with Crippen LogP contribution in [0, 0.1) is 6.92 Å². The molecule has 0 aliphatic rings. The molecule has 1 aromatic heterocycles. The number of hydrogen-bond donors (Lipinski definition) is 0. The molecule has 106 valence electrons. The van der Waals surface area contributed by atoms with Crippen molar-refractivity contribution < 1.29 is 9.53 Å². The molecule has 1 rings (SSSR count). The topological polar surface area (TPSA) is 47.4 Å². The Bertz CT molecular complexity index is 426. The zero-order chi connectivity index (χ0) is 14.3. The lowest BCUT2D eigenvalue weighted by atomic mass is 10.3. The van der Waals surface area contributed by atoms with Gasteiger partial charge < -0.3 is 4.74 Å². The molecule has 0 amide bonds. The molecule has 0 unspecified atom stereocenters. The lowest BCUT2D eigenvalue weighted by Crippen LogP contribution is -2.31. The summed E-state index contributed by atoms with van der Waals surface area (Å²) in [5.74, 6) is -0.205. The lowest BCUT2D eigenvalue weighted by Gasteiger charge is -2.19. The average Bonchev–Trinajstić information content (AvgIpc) is 2.70. The van der Waals surface area contributed by atoms with E-state index in [2.05, 4.69) is 18.6 Å². The first-order chi connectivity index (χ1) is 9.10. The van der Waals surface area contributed by atoms with Crippen molar-refractivity contribution in [1.29, 1.82) is 0 Å². The number of aryl methyl sites for hydroxylation is 2. The van der Waals surface area contributed by atoms with Gasteiger partial charge in [0.15, 0.2) is 0 Å². The van der Waals surface area contributed by atoms with E-state index in [4.69, 9.17) is 4.74 Å². The highest BCUT2D eigenvalue weighted by molar-refractivity contribution is 5.71. The van der Waals surface area contributed by atoms with Crippen LogP contribution in [0.3, 0.4) is 0 Å². The summed E-state index contributed by atoms with van der Waals surface area (Å²) in [7, 11) is 0. The van der Waals surface area contributed by atoms with E-state index >= 15 is 0 Å². The summed E-state index contributed by atoms with van der Waals surface area (Å²) in [4.78, 5) is 13.6. The Labute approximate surface area is 114 Å². The Morgan fingerprint density at radius 3 is 2.89 bits per heavy atom. The molecule has 0 N–H and O–H groups in total. The highest BCUT2D eigenvalue weighted by atomic mass is 16.5. The highest BCUT2D eigenvalue weighted by Crippen LogP contribution is 2.08. The third-order valence-corrected chi connectivity index (χ3v) is 2.72. The second-order valence-electron chi connectivity index (χ2n) is 4.36. The van der Waals surface area contributed by atoms with E-state index < -0.39 is 0 Å². The summed E-state index contributed by atoms with van der Waals surface area (Å²) >= 11 is 0. The van der Waals surface area contributed by atoms with Crippen LogP contribution in [-0.2, 0) is 22.6 Å². The number of rotatable bonds is 8. The first-order valence-electron chi connectivity index (χ1n) is 6.62. The van der Waals surface area contributed by atoms with Crippen molar-refractivity contribution in [2.24, 2.45) is 0 Å². The smallest absolute Gasteiger partial charge is 0.320 e. The molecule has 5 nitrogen and oxygen atoms in total. The van der Waals surface area contributed by atoms with E-state index in [1.165, 1.54) is 0 Å². The zero-order valence-electron chi connectivity index (χ0n) is 12.1. The molecule has 0 saturated carbocycles. The Kier molecular flexibility index (Phi) is 6.29. The minimum Gasteiger partial charge on any atom is -0.465 e. The van der Waals surface area contributed by atoms with Gasteiger partial charge >= 0.3 is 5.97 Å². The summed E-state index contributed by atoms with van der Waals surface area (Å²) < 4.78 is 6.94. The van der Waals surface area contributed by atoms with Gasteiger partial charge in [0.05, 0.1) is 24.5 Å². The van der Waals surface area contributed by atoms with Gasteiger partial charge in [0.25, 0.3) is 0 Å². The molecule has 0 aliphatic heterocycles. The predicted molar refractivity (Wildman–Crippen MR) is 74.7 cm³/mol. The van der Waals surface area contributed by atoms with Crippen LogP contribution < -0.4 is 0 Å². The van der Waals surface area contributed by atoms with Gasteiger partial charge in [0, 0.05) is 19.6 Å². The molecule has 0 aromatic carbocycles. The Hall–Kier alpha value is -1.62. The van der Waals surface area contributed by atoms with E-state index in [9.17, 15) is 4.79 Å². The number of carbonyl (C=O) groups is 1. The Balaban J connectivity index is 2.71. The van der Waals surface area contributed by atoms with E-state index in [-0.39, 0.29) is 12.5 Å². The molecule has 1 aromatic rings. The molecule has 0 aliphatic carbocycles. The normalized spacial score (nSPS) is 10.7. The standard InChI is InChI=1S/C14H23N3O2/c1-5-8-16(11-14(18)19-7-3)10-13-9-12(4)15-17(13)6-2/h5,9H,1,6-8,10-11H2,2-4H3. The van der Waals surface area contributed by atoms with E-state index in [0.29, 0.717) is 19.7 Å². The average molecular weight is 265 g/mol. The number of hydrogen-bond acceptors (Lipinski definition) is 4. The fraction of sp³-hybridized carbons (Fsp3) is 0.571. The number of ether oxygens (including phenoxy) is 1. The van der Waals surface area contributed by atoms with Crippen molar-refractivity contribution in [3.63, 3.8) is 0 Å². The summed E-state index contributed by atoms with van der Waals surface area (Å²) in [6.45, 7) is 12.4. The van der Waals surface area contributed by atoms with Crippen molar-refractivity contribution >= 4 is 5.97 Å². The molecule has 0 saturated heterocycles. The van der Waals surface area contributed by atoms with Gasteiger partial charge in [-0.05, 0) is 26.8 Å². The number of nitrogens with zero attached hydrogens (tertiary/aromatic N) is 3. The molecule has 5 heteroatoms. The third kappa shape index (κ3) is 4.87. The van der Waals surface area contributed by atoms with Gasteiger partial charge in [-0.25, -0.2) is 0 Å². The first kappa shape index (κ1) is 15.4. The van der Waals surface area contributed by atoms with Crippen LogP contribution in [0.25, 0.3) is 0 Å². The van der Waals surface area contributed by atoms with Crippen LogP contribution in [0.5, 0.6) is 0 Å². The van der Waals surface area contributed by atoms with Crippen LogP contribution in [0.1, 0.15) is 25.2 Å². The third-order valence-electron chi connectivity index (χ3n) is 2.72. The van der Waals surface area contributed by atoms with Gasteiger partial charge in [0.2, 0.25) is 0 Å². The van der Waals surface area contributed by atoms with Gasteiger partial charge in [0.1, 0.15) is 0 Å². The number of carbonyl (C=O) groups excluding carboxylic acids is 1. The maximum Gasteiger partial charge on any atom is 0.320 e. The van der Waals surface area contributed by atoms with Gasteiger partial charge in [-0.1, -0.05) is 6.08 Å². The minimum atomic E-state index is -0.205. The van der Waals surface area contributed by atoms with Crippen molar-refractivity contribution in [2.45, 2.75) is 33.9 Å². The number of esters is 1. The van der Waals surface area contributed by atoms with Gasteiger partial charge in [-0.2, -0.15) is 5.10 Å². The Morgan fingerprint density at radius 1 is 1.58 bits per heavy atom. The van der Waals surface area contributed by atoms with Gasteiger partial charge in [-0.3, -0.25) is 14.4 Å². The van der Waals surface area contributed by atoms with Crippen LogP contribution >= 0.6 is 0 Å². The van der Waals surface area contributed by atoms with Crippen LogP contribution in [-0.4, -0.2) is 40.3 Å². The maximum atomic E-state index is 11.6. The first-order valence-corrected chi connectivity index (χ1v) is 6.62. The molecular weight excluding hydrogens is 242 g/mol. The molecule has 0 spiro atoms. The van der Waals surface area contributed by atoms with Crippen molar-refractivity contribution in [3.05, 3.63) is 30.1 Å². The van der Waals surface area contributed by atoms with Crippen molar-refractivity contribution in [2.75, 3.05) is 19.7 Å². The van der Waals surface area contributed by atoms with E-state index in [0.717, 1.165) is 17.9 Å². The highest BCUT2D eigenvalue weighted by Gasteiger charge is 2.13. The summed E-state index contributed by atoms with van der Waals surface area (Å²) in [5.41, 5.74) is 2.10. The largest absolute Gasteiger partial charge is 0.465 e. The second kappa shape index (κ2) is 7.74. The van der Waals surface area contributed by atoms with Crippen molar-refractivity contribution in [1.82, 2.24) is 14.7 Å². The lowest BCUT2D eigenvalue weighted by molar-refractivity contribution is -0.144. The summed E-state index contributed by atoms with van der Waals surface area (Å²) in [6, 6.07) is 2.05. The Morgan fingerprint density at radius 2 is 2.32 bits per heavy atom. The monoisotopic (exact) mass is 265 g/mol. The molecular formula is C14H23N3O2. The fourth-order valence-corrected chi connectivity index (χ4v) is 1.99. The maximum absolute atomic E-state index is 11.6. The second-order valence-corrected chi connectivity index (χ2v) is 4.36. The quantitative estimate of drug-likeness (QED) is 0.531. The predicted octanol–water partition coefficient (Wildman–Crippen LogP) is 1.76. The SMILES string of the molecule is C=CCN(CC(=O)OCC)Cc1cc(C)nn1CC. The zero-order valence-corrected chi connectivity index (χ0v) is 12.1. The summed E-state index contributed by atoms with van der Waals surface area (Å²) in [6.07, 6.45) is 1.79. The van der Waals surface area contributed by atoms with Crippen LogP contribution in [0.15, 0.2) is 18.7 Å². The van der Waals surface area contributed by atoms with Crippen molar-refractivity contribution in [3.8, 4) is 0 Å². The molecule has 19 heavy (non-hydrogen) atoms. The van der Waals surface area contributed by atoms with Crippen LogP contribution in [0.2, 0.25) is 0 Å². The molecule has 0 radical (unpaired) electrons. The van der Waals surface area contributed by atoms with E-state index in [1.54, 1.807) is 6.08 Å². The molecule has 0 atom stereocenters. The molecule has 0 bridgehead atoms. The van der Waals surface area contributed by atoms with Gasteiger partial charge in [-0.15, -0.1) is 6.58 Å². The van der Waals surface area contributed by atoms with E-state index in [1.807, 2.05) is 29.5 Å².